The second-order valence-electron chi connectivity index (χ2n) is 7.23. The molecule has 7 nitrogen and oxygen atoms in total. The highest BCUT2D eigenvalue weighted by Gasteiger charge is 2.29. The highest BCUT2D eigenvalue weighted by atomic mass is 16.5. The zero-order valence-corrected chi connectivity index (χ0v) is 18.6. The van der Waals surface area contributed by atoms with Gasteiger partial charge in [0.2, 0.25) is 0 Å². The molecule has 1 N–H and O–H groups in total. The van der Waals surface area contributed by atoms with Crippen LogP contribution in [-0.2, 0) is 16.0 Å². The number of hydrogen-bond acceptors (Lipinski definition) is 5. The van der Waals surface area contributed by atoms with Crippen molar-refractivity contribution in [3.05, 3.63) is 71.4 Å². The minimum absolute atomic E-state index is 0.224. The molecule has 0 aliphatic carbocycles. The van der Waals surface area contributed by atoms with Crippen LogP contribution in [0.15, 0.2) is 54.6 Å². The molecule has 7 heteroatoms. The molecule has 0 saturated heterocycles. The molecule has 32 heavy (non-hydrogen) atoms. The van der Waals surface area contributed by atoms with Gasteiger partial charge in [-0.05, 0) is 43.7 Å². The second-order valence-corrected chi connectivity index (χ2v) is 7.23. The third-order valence-corrected chi connectivity index (χ3v) is 5.33. The minimum atomic E-state index is -0.996. The molecule has 2 aromatic carbocycles. The van der Waals surface area contributed by atoms with E-state index in [0.717, 1.165) is 5.56 Å². The van der Waals surface area contributed by atoms with Crippen molar-refractivity contribution in [1.29, 1.82) is 0 Å². The van der Waals surface area contributed by atoms with Crippen LogP contribution in [0.25, 0.3) is 11.3 Å². The quantitative estimate of drug-likeness (QED) is 0.495. The Hall–Kier alpha value is -3.74. The minimum Gasteiger partial charge on any atom is -0.493 e. The van der Waals surface area contributed by atoms with Crippen LogP contribution >= 0.6 is 0 Å². The van der Waals surface area contributed by atoms with Crippen molar-refractivity contribution in [2.45, 2.75) is 26.3 Å². The first-order valence-electron chi connectivity index (χ1n) is 10.3. The lowest BCUT2D eigenvalue weighted by Crippen LogP contribution is -2.23. The van der Waals surface area contributed by atoms with Crippen LogP contribution in [0.4, 0.5) is 0 Å². The summed E-state index contributed by atoms with van der Waals surface area (Å²) >= 11 is 0. The number of carbonyl (C=O) groups is 2. The number of carboxylic acid groups (broad SMARTS) is 1. The summed E-state index contributed by atoms with van der Waals surface area (Å²) in [6.45, 7) is 3.69. The van der Waals surface area contributed by atoms with Gasteiger partial charge in [0.25, 0.3) is 0 Å². The van der Waals surface area contributed by atoms with E-state index in [2.05, 4.69) is 0 Å². The fraction of sp³-hybridized carbons (Fsp3) is 0.280. The summed E-state index contributed by atoms with van der Waals surface area (Å²) < 4.78 is 17.6. The van der Waals surface area contributed by atoms with Gasteiger partial charge in [0.1, 0.15) is 6.04 Å². The van der Waals surface area contributed by atoms with Gasteiger partial charge in [0, 0.05) is 17.7 Å². The van der Waals surface area contributed by atoms with Crippen molar-refractivity contribution in [2.75, 3.05) is 20.8 Å². The van der Waals surface area contributed by atoms with E-state index in [0.29, 0.717) is 34.0 Å². The number of esters is 1. The zero-order chi connectivity index (χ0) is 23.3. The Morgan fingerprint density at radius 1 is 1.00 bits per heavy atom. The van der Waals surface area contributed by atoms with Gasteiger partial charge in [-0.25, -0.2) is 9.59 Å². The summed E-state index contributed by atoms with van der Waals surface area (Å²) in [5.41, 5.74) is 3.01. The number of rotatable bonds is 9. The monoisotopic (exact) mass is 437 g/mol. The van der Waals surface area contributed by atoms with Crippen molar-refractivity contribution < 1.29 is 28.9 Å². The standard InChI is InChI=1S/C25H27NO6/c1-5-32-25(29)19-15-20(18-11-12-22(30-3)23(14-18)31-4)26(16(19)2)21(24(27)28)13-17-9-7-6-8-10-17/h6-12,14-15,21H,5,13H2,1-4H3,(H,27,28). The number of nitrogens with zero attached hydrogens (tertiary/aromatic N) is 1. The van der Waals surface area contributed by atoms with E-state index in [4.69, 9.17) is 14.2 Å². The number of aromatic nitrogens is 1. The van der Waals surface area contributed by atoms with E-state index in [1.165, 1.54) is 7.11 Å². The summed E-state index contributed by atoms with van der Waals surface area (Å²) in [5.74, 6) is -0.433. The van der Waals surface area contributed by atoms with E-state index in [-0.39, 0.29) is 13.0 Å². The number of methoxy groups -OCH3 is 2. The van der Waals surface area contributed by atoms with Crippen LogP contribution in [0, 0.1) is 6.92 Å². The lowest BCUT2D eigenvalue weighted by molar-refractivity contribution is -0.140. The van der Waals surface area contributed by atoms with Crippen LogP contribution in [0.2, 0.25) is 0 Å². The lowest BCUT2D eigenvalue weighted by Gasteiger charge is -2.21. The molecule has 3 aromatic rings. The van der Waals surface area contributed by atoms with Crippen molar-refractivity contribution >= 4 is 11.9 Å². The highest BCUT2D eigenvalue weighted by molar-refractivity contribution is 5.93. The van der Waals surface area contributed by atoms with Gasteiger partial charge in [0.15, 0.2) is 11.5 Å². The molecule has 0 aliphatic heterocycles. The highest BCUT2D eigenvalue weighted by Crippen LogP contribution is 2.36. The fourth-order valence-corrected chi connectivity index (χ4v) is 3.78. The summed E-state index contributed by atoms with van der Waals surface area (Å²) in [6, 6.07) is 15.5. The van der Waals surface area contributed by atoms with Crippen LogP contribution in [-0.4, -0.2) is 42.4 Å². The maximum absolute atomic E-state index is 12.6. The molecular weight excluding hydrogens is 410 g/mol. The van der Waals surface area contributed by atoms with Crippen LogP contribution in [0.3, 0.4) is 0 Å². The lowest BCUT2D eigenvalue weighted by atomic mass is 10.0. The van der Waals surface area contributed by atoms with Gasteiger partial charge in [0.05, 0.1) is 32.1 Å². The molecule has 0 bridgehead atoms. The molecule has 0 radical (unpaired) electrons. The van der Waals surface area contributed by atoms with Gasteiger partial charge >= 0.3 is 11.9 Å². The number of carboxylic acids is 1. The second kappa shape index (κ2) is 10.0. The molecule has 168 valence electrons. The first-order valence-corrected chi connectivity index (χ1v) is 10.3. The maximum Gasteiger partial charge on any atom is 0.339 e. The number of aliphatic carboxylic acids is 1. The molecule has 0 amide bonds. The predicted octanol–water partition coefficient (Wildman–Crippen LogP) is 4.53. The Balaban J connectivity index is 2.20. The van der Waals surface area contributed by atoms with Gasteiger partial charge in [-0.1, -0.05) is 30.3 Å². The normalized spacial score (nSPS) is 11.6. The van der Waals surface area contributed by atoms with E-state index < -0.39 is 18.0 Å². The molecule has 0 aliphatic rings. The van der Waals surface area contributed by atoms with E-state index in [1.54, 1.807) is 43.7 Å². The zero-order valence-electron chi connectivity index (χ0n) is 18.6. The third kappa shape index (κ3) is 4.61. The van der Waals surface area contributed by atoms with Gasteiger partial charge < -0.3 is 23.9 Å². The Labute approximate surface area is 187 Å². The molecule has 0 spiro atoms. The smallest absolute Gasteiger partial charge is 0.339 e. The Bertz CT molecular complexity index is 1100. The Kier molecular flexibility index (Phi) is 7.20. The Morgan fingerprint density at radius 3 is 2.28 bits per heavy atom. The number of carbonyl (C=O) groups excluding carboxylic acids is 1. The van der Waals surface area contributed by atoms with Gasteiger partial charge in [-0.2, -0.15) is 0 Å². The SMILES string of the molecule is CCOC(=O)c1cc(-c2ccc(OC)c(OC)c2)n(C(Cc2ccccc2)C(=O)O)c1C. The van der Waals surface area contributed by atoms with E-state index in [9.17, 15) is 14.7 Å². The maximum atomic E-state index is 12.6. The fourth-order valence-electron chi connectivity index (χ4n) is 3.78. The average molecular weight is 437 g/mol. The van der Waals surface area contributed by atoms with E-state index in [1.807, 2.05) is 36.4 Å². The molecule has 0 fully saturated rings. The average Bonchev–Trinajstić information content (AvgIpc) is 3.14. The number of ether oxygens (including phenoxy) is 3. The molecule has 1 unspecified atom stereocenters. The van der Waals surface area contributed by atoms with Crippen LogP contribution in [0.1, 0.15) is 34.6 Å². The molecular formula is C25H27NO6. The first kappa shape index (κ1) is 22.9. The summed E-state index contributed by atoms with van der Waals surface area (Å²) in [5, 5.41) is 10.1. The summed E-state index contributed by atoms with van der Waals surface area (Å²) in [6.07, 6.45) is 0.258. The summed E-state index contributed by atoms with van der Waals surface area (Å²) in [7, 11) is 3.08. The first-order chi connectivity index (χ1) is 15.4. The van der Waals surface area contributed by atoms with Crippen molar-refractivity contribution in [2.24, 2.45) is 0 Å². The molecule has 1 heterocycles. The van der Waals surface area contributed by atoms with Gasteiger partial charge in [-0.15, -0.1) is 0 Å². The molecule has 1 aromatic heterocycles. The number of benzene rings is 2. The van der Waals surface area contributed by atoms with Crippen molar-refractivity contribution in [1.82, 2.24) is 4.57 Å². The van der Waals surface area contributed by atoms with Gasteiger partial charge in [-0.3, -0.25) is 0 Å². The van der Waals surface area contributed by atoms with Crippen molar-refractivity contribution in [3.8, 4) is 22.8 Å². The van der Waals surface area contributed by atoms with Crippen LogP contribution < -0.4 is 9.47 Å². The topological polar surface area (TPSA) is 87.0 Å². The predicted molar refractivity (Wildman–Crippen MR) is 120 cm³/mol. The molecule has 0 saturated carbocycles. The molecule has 1 atom stereocenters. The Morgan fingerprint density at radius 2 is 1.69 bits per heavy atom. The van der Waals surface area contributed by atoms with E-state index >= 15 is 0 Å². The number of hydrogen-bond donors (Lipinski definition) is 1. The third-order valence-electron chi connectivity index (χ3n) is 5.33. The van der Waals surface area contributed by atoms with Crippen LogP contribution in [0.5, 0.6) is 11.5 Å². The summed E-state index contributed by atoms with van der Waals surface area (Å²) in [4.78, 5) is 25.0. The van der Waals surface area contributed by atoms with Crippen molar-refractivity contribution in [3.63, 3.8) is 0 Å². The largest absolute Gasteiger partial charge is 0.493 e. The molecule has 3 rings (SSSR count).